The molecule has 2 aliphatic rings. The lowest BCUT2D eigenvalue weighted by molar-refractivity contribution is -0.120. The van der Waals surface area contributed by atoms with E-state index in [9.17, 15) is 4.79 Å². The SMILES string of the molecule is O=C(Nc1ccc2c(c1)NCCC2)C1CCCCC1. The maximum absolute atomic E-state index is 12.2. The van der Waals surface area contributed by atoms with E-state index in [2.05, 4.69) is 22.8 Å². The first kappa shape index (κ1) is 12.5. The van der Waals surface area contributed by atoms with Gasteiger partial charge in [-0.1, -0.05) is 25.3 Å². The van der Waals surface area contributed by atoms with Crippen molar-refractivity contribution in [3.05, 3.63) is 23.8 Å². The van der Waals surface area contributed by atoms with Crippen LogP contribution in [0.2, 0.25) is 0 Å². The van der Waals surface area contributed by atoms with E-state index < -0.39 is 0 Å². The van der Waals surface area contributed by atoms with Crippen molar-refractivity contribution in [2.75, 3.05) is 17.2 Å². The van der Waals surface area contributed by atoms with Crippen LogP contribution in [0.4, 0.5) is 11.4 Å². The van der Waals surface area contributed by atoms with Crippen LogP contribution < -0.4 is 10.6 Å². The average Bonchev–Trinajstić information content (AvgIpc) is 2.48. The second kappa shape index (κ2) is 5.64. The number of rotatable bonds is 2. The monoisotopic (exact) mass is 258 g/mol. The Balaban J connectivity index is 1.67. The first-order chi connectivity index (χ1) is 9.33. The minimum Gasteiger partial charge on any atom is -0.385 e. The Kier molecular flexibility index (Phi) is 3.72. The summed E-state index contributed by atoms with van der Waals surface area (Å²) >= 11 is 0. The highest BCUT2D eigenvalue weighted by molar-refractivity contribution is 5.93. The summed E-state index contributed by atoms with van der Waals surface area (Å²) in [5.41, 5.74) is 3.48. The molecule has 1 aliphatic carbocycles. The van der Waals surface area contributed by atoms with Crippen LogP contribution in [0.5, 0.6) is 0 Å². The number of hydrogen-bond acceptors (Lipinski definition) is 2. The van der Waals surface area contributed by atoms with E-state index in [-0.39, 0.29) is 11.8 Å². The van der Waals surface area contributed by atoms with Crippen LogP contribution in [0.15, 0.2) is 18.2 Å². The van der Waals surface area contributed by atoms with Crippen LogP contribution >= 0.6 is 0 Å². The van der Waals surface area contributed by atoms with Crippen molar-refractivity contribution in [3.8, 4) is 0 Å². The molecule has 0 aromatic heterocycles. The summed E-state index contributed by atoms with van der Waals surface area (Å²) in [7, 11) is 0. The molecule has 2 N–H and O–H groups in total. The van der Waals surface area contributed by atoms with E-state index in [1.54, 1.807) is 0 Å². The van der Waals surface area contributed by atoms with E-state index in [1.165, 1.54) is 36.9 Å². The molecular formula is C16H22N2O. The van der Waals surface area contributed by atoms with E-state index in [0.717, 1.165) is 31.5 Å². The Hall–Kier alpha value is -1.51. The summed E-state index contributed by atoms with van der Waals surface area (Å²) in [6.45, 7) is 1.03. The predicted octanol–water partition coefficient (Wildman–Crippen LogP) is 3.56. The summed E-state index contributed by atoms with van der Waals surface area (Å²) in [6, 6.07) is 6.25. The summed E-state index contributed by atoms with van der Waals surface area (Å²) in [4.78, 5) is 12.2. The highest BCUT2D eigenvalue weighted by Gasteiger charge is 2.21. The molecule has 0 atom stereocenters. The third-order valence-electron chi connectivity index (χ3n) is 4.29. The van der Waals surface area contributed by atoms with Crippen LogP contribution in [0, 0.1) is 5.92 Å². The van der Waals surface area contributed by atoms with Gasteiger partial charge in [-0.15, -0.1) is 0 Å². The third-order valence-corrected chi connectivity index (χ3v) is 4.29. The number of aryl methyl sites for hydroxylation is 1. The molecule has 0 radical (unpaired) electrons. The van der Waals surface area contributed by atoms with E-state index in [1.807, 2.05) is 6.07 Å². The van der Waals surface area contributed by atoms with E-state index >= 15 is 0 Å². The van der Waals surface area contributed by atoms with Gasteiger partial charge in [0, 0.05) is 23.8 Å². The van der Waals surface area contributed by atoms with Crippen LogP contribution in [-0.4, -0.2) is 12.5 Å². The summed E-state index contributed by atoms with van der Waals surface area (Å²) in [5.74, 6) is 0.424. The second-order valence-electron chi connectivity index (χ2n) is 5.73. The fraction of sp³-hybridized carbons (Fsp3) is 0.562. The fourth-order valence-electron chi connectivity index (χ4n) is 3.15. The molecule has 3 nitrogen and oxygen atoms in total. The van der Waals surface area contributed by atoms with Gasteiger partial charge in [-0.3, -0.25) is 4.79 Å². The van der Waals surface area contributed by atoms with Crippen molar-refractivity contribution in [3.63, 3.8) is 0 Å². The molecule has 0 bridgehead atoms. The molecule has 1 heterocycles. The quantitative estimate of drug-likeness (QED) is 0.851. The van der Waals surface area contributed by atoms with E-state index in [4.69, 9.17) is 0 Å². The van der Waals surface area contributed by atoms with Crippen LogP contribution in [0.25, 0.3) is 0 Å². The molecule has 102 valence electrons. The standard InChI is InChI=1S/C16H22N2O/c19-16(13-5-2-1-3-6-13)18-14-9-8-12-7-4-10-17-15(12)11-14/h8-9,11,13,17H,1-7,10H2,(H,18,19). The van der Waals surface area contributed by atoms with Crippen LogP contribution in [0.1, 0.15) is 44.1 Å². The maximum Gasteiger partial charge on any atom is 0.227 e. The van der Waals surface area contributed by atoms with Crippen molar-refractivity contribution in [1.29, 1.82) is 0 Å². The molecule has 1 fully saturated rings. The van der Waals surface area contributed by atoms with Crippen molar-refractivity contribution < 1.29 is 4.79 Å². The first-order valence-electron chi connectivity index (χ1n) is 7.50. The number of benzene rings is 1. The van der Waals surface area contributed by atoms with Gasteiger partial charge in [0.2, 0.25) is 5.91 Å². The topological polar surface area (TPSA) is 41.1 Å². The molecule has 1 aromatic rings. The molecular weight excluding hydrogens is 236 g/mol. The number of fused-ring (bicyclic) bond motifs is 1. The van der Waals surface area contributed by atoms with Crippen LogP contribution in [0.3, 0.4) is 0 Å². The summed E-state index contributed by atoms with van der Waals surface area (Å²) < 4.78 is 0. The normalized spacial score (nSPS) is 19.4. The molecule has 0 unspecified atom stereocenters. The lowest BCUT2D eigenvalue weighted by atomic mass is 9.88. The number of nitrogens with one attached hydrogen (secondary N) is 2. The molecule has 3 rings (SSSR count). The second-order valence-corrected chi connectivity index (χ2v) is 5.73. The van der Waals surface area contributed by atoms with Gasteiger partial charge >= 0.3 is 0 Å². The smallest absolute Gasteiger partial charge is 0.227 e. The zero-order valence-corrected chi connectivity index (χ0v) is 11.4. The Labute approximate surface area is 114 Å². The number of carbonyl (C=O) groups excluding carboxylic acids is 1. The van der Waals surface area contributed by atoms with Gasteiger partial charge in [0.05, 0.1) is 0 Å². The molecule has 3 heteroatoms. The van der Waals surface area contributed by atoms with Crippen molar-refractivity contribution in [2.24, 2.45) is 5.92 Å². The van der Waals surface area contributed by atoms with Gasteiger partial charge in [-0.2, -0.15) is 0 Å². The van der Waals surface area contributed by atoms with Gasteiger partial charge < -0.3 is 10.6 Å². The number of amides is 1. The molecule has 0 saturated heterocycles. The number of carbonyl (C=O) groups is 1. The fourth-order valence-corrected chi connectivity index (χ4v) is 3.15. The number of anilines is 2. The lowest BCUT2D eigenvalue weighted by Crippen LogP contribution is -2.24. The van der Waals surface area contributed by atoms with Crippen molar-refractivity contribution >= 4 is 17.3 Å². The Bertz CT molecular complexity index is 464. The first-order valence-corrected chi connectivity index (χ1v) is 7.50. The number of hydrogen-bond donors (Lipinski definition) is 2. The minimum absolute atomic E-state index is 0.204. The molecule has 0 spiro atoms. The van der Waals surface area contributed by atoms with Gasteiger partial charge in [0.1, 0.15) is 0 Å². The Morgan fingerprint density at radius 2 is 2.00 bits per heavy atom. The summed E-state index contributed by atoms with van der Waals surface area (Å²) in [5, 5.41) is 6.49. The lowest BCUT2D eigenvalue weighted by Gasteiger charge is -2.22. The minimum atomic E-state index is 0.204. The zero-order chi connectivity index (χ0) is 13.1. The highest BCUT2D eigenvalue weighted by Crippen LogP contribution is 2.28. The zero-order valence-electron chi connectivity index (χ0n) is 11.4. The van der Waals surface area contributed by atoms with Gasteiger partial charge in [-0.05, 0) is 43.4 Å². The van der Waals surface area contributed by atoms with Crippen molar-refractivity contribution in [1.82, 2.24) is 0 Å². The Morgan fingerprint density at radius 1 is 1.16 bits per heavy atom. The van der Waals surface area contributed by atoms with Gasteiger partial charge in [0.25, 0.3) is 0 Å². The van der Waals surface area contributed by atoms with E-state index in [0.29, 0.717) is 0 Å². The largest absolute Gasteiger partial charge is 0.385 e. The molecule has 19 heavy (non-hydrogen) atoms. The summed E-state index contributed by atoms with van der Waals surface area (Å²) in [6.07, 6.45) is 8.12. The maximum atomic E-state index is 12.2. The highest BCUT2D eigenvalue weighted by atomic mass is 16.1. The molecule has 1 aromatic carbocycles. The van der Waals surface area contributed by atoms with Gasteiger partial charge in [0.15, 0.2) is 0 Å². The third kappa shape index (κ3) is 2.91. The van der Waals surface area contributed by atoms with Gasteiger partial charge in [-0.25, -0.2) is 0 Å². The molecule has 1 saturated carbocycles. The Morgan fingerprint density at radius 3 is 2.84 bits per heavy atom. The van der Waals surface area contributed by atoms with Crippen LogP contribution in [-0.2, 0) is 11.2 Å². The molecule has 1 aliphatic heterocycles. The average molecular weight is 258 g/mol. The van der Waals surface area contributed by atoms with Crippen molar-refractivity contribution in [2.45, 2.75) is 44.9 Å². The molecule has 1 amide bonds. The predicted molar refractivity (Wildman–Crippen MR) is 78.5 cm³/mol.